The molecule has 3 aromatic rings. The maximum Gasteiger partial charge on any atom is 0.276 e. The molecule has 1 saturated heterocycles. The molecule has 0 spiro atoms. The summed E-state index contributed by atoms with van der Waals surface area (Å²) in [6, 6.07) is 10.1. The van der Waals surface area contributed by atoms with E-state index in [0.29, 0.717) is 59.6 Å². The van der Waals surface area contributed by atoms with Gasteiger partial charge in [0.1, 0.15) is 22.9 Å². The second-order valence-corrected chi connectivity index (χ2v) is 10.9. The minimum absolute atomic E-state index is 0.0920. The number of amides is 1. The SMILES string of the molecule is CC(C)c1cc(C(=O)N2CCC(COc3ccc(-c4ccc(/C=N/OC(C)(C)C)cc4F)nc3)CC2)no1. The number of piperidine rings is 1. The predicted molar refractivity (Wildman–Crippen MR) is 143 cm³/mol. The van der Waals surface area contributed by atoms with E-state index in [2.05, 4.69) is 15.3 Å². The van der Waals surface area contributed by atoms with Gasteiger partial charge in [0, 0.05) is 30.6 Å². The number of rotatable bonds is 8. The van der Waals surface area contributed by atoms with E-state index in [1.165, 1.54) is 12.3 Å². The Hall–Kier alpha value is -3.75. The van der Waals surface area contributed by atoms with E-state index in [0.717, 1.165) is 12.8 Å². The maximum absolute atomic E-state index is 14.7. The van der Waals surface area contributed by atoms with Gasteiger partial charge < -0.3 is 19.0 Å². The Bertz CT molecular complexity index is 1260. The van der Waals surface area contributed by atoms with Crippen molar-refractivity contribution in [3.8, 4) is 17.0 Å². The standard InChI is InChI=1S/C29H35FN4O4/c1-19(2)27-15-26(33-37-27)28(35)34-12-10-20(11-13-34)18-36-22-7-9-25(31-17-22)23-8-6-21(14-24(23)30)16-32-38-29(3,4)5/h6-9,14-17,19-20H,10-13,18H2,1-5H3/b32-16+. The summed E-state index contributed by atoms with van der Waals surface area (Å²) in [4.78, 5) is 24.2. The molecule has 202 valence electrons. The molecule has 1 aliphatic heterocycles. The molecule has 9 heteroatoms. The fourth-order valence-corrected chi connectivity index (χ4v) is 4.03. The number of pyridine rings is 1. The number of oxime groups is 1. The first-order chi connectivity index (χ1) is 18.1. The summed E-state index contributed by atoms with van der Waals surface area (Å²) in [7, 11) is 0. The zero-order valence-corrected chi connectivity index (χ0v) is 22.6. The molecule has 0 aliphatic carbocycles. The Morgan fingerprint density at radius 2 is 1.97 bits per heavy atom. The van der Waals surface area contributed by atoms with Crippen molar-refractivity contribution in [2.24, 2.45) is 11.1 Å². The summed E-state index contributed by atoms with van der Waals surface area (Å²) in [6.07, 6.45) is 4.78. The van der Waals surface area contributed by atoms with Gasteiger partial charge in [0.05, 0.1) is 24.7 Å². The molecule has 1 amide bonds. The molecule has 0 radical (unpaired) electrons. The average molecular weight is 523 g/mol. The van der Waals surface area contributed by atoms with Crippen LogP contribution in [-0.4, -0.2) is 52.5 Å². The fraction of sp³-hybridized carbons (Fsp3) is 0.448. The van der Waals surface area contributed by atoms with Crippen LogP contribution < -0.4 is 4.74 Å². The van der Waals surface area contributed by atoms with Gasteiger partial charge in [-0.25, -0.2) is 4.39 Å². The third-order valence-electron chi connectivity index (χ3n) is 6.24. The van der Waals surface area contributed by atoms with Gasteiger partial charge in [0.2, 0.25) is 0 Å². The molecule has 0 bridgehead atoms. The first-order valence-electron chi connectivity index (χ1n) is 13.0. The Morgan fingerprint density at radius 1 is 1.21 bits per heavy atom. The van der Waals surface area contributed by atoms with Crippen molar-refractivity contribution in [2.75, 3.05) is 19.7 Å². The van der Waals surface area contributed by atoms with Crippen molar-refractivity contribution >= 4 is 12.1 Å². The van der Waals surface area contributed by atoms with Crippen molar-refractivity contribution in [2.45, 2.75) is 59.0 Å². The third-order valence-corrected chi connectivity index (χ3v) is 6.24. The minimum atomic E-state index is -0.407. The summed E-state index contributed by atoms with van der Waals surface area (Å²) >= 11 is 0. The zero-order chi connectivity index (χ0) is 27.3. The number of carbonyl (C=O) groups excluding carboxylic acids is 1. The summed E-state index contributed by atoms with van der Waals surface area (Å²) in [5.41, 5.74) is 1.47. The lowest BCUT2D eigenvalue weighted by molar-refractivity contribution is 0.00199. The number of ether oxygens (including phenoxy) is 1. The second-order valence-electron chi connectivity index (χ2n) is 10.9. The van der Waals surface area contributed by atoms with Gasteiger partial charge in [-0.15, -0.1) is 0 Å². The number of halogens is 1. The molecule has 1 fully saturated rings. The molecular weight excluding hydrogens is 487 g/mol. The molecule has 8 nitrogen and oxygen atoms in total. The van der Waals surface area contributed by atoms with Crippen LogP contribution in [0.3, 0.4) is 0 Å². The van der Waals surface area contributed by atoms with Gasteiger partial charge in [0.25, 0.3) is 5.91 Å². The van der Waals surface area contributed by atoms with E-state index in [1.54, 1.807) is 36.5 Å². The van der Waals surface area contributed by atoms with Crippen molar-refractivity contribution in [3.63, 3.8) is 0 Å². The van der Waals surface area contributed by atoms with Crippen LogP contribution in [0, 0.1) is 11.7 Å². The van der Waals surface area contributed by atoms with Gasteiger partial charge in [-0.05, 0) is 69.4 Å². The quantitative estimate of drug-likeness (QED) is 0.263. The van der Waals surface area contributed by atoms with Crippen LogP contribution in [0.2, 0.25) is 0 Å². The van der Waals surface area contributed by atoms with Crippen LogP contribution in [0.4, 0.5) is 4.39 Å². The lowest BCUT2D eigenvalue weighted by Crippen LogP contribution is -2.39. The monoisotopic (exact) mass is 522 g/mol. The second kappa shape index (κ2) is 11.8. The lowest BCUT2D eigenvalue weighted by Gasteiger charge is -2.31. The number of hydrogen-bond acceptors (Lipinski definition) is 7. The van der Waals surface area contributed by atoms with Crippen LogP contribution in [0.25, 0.3) is 11.3 Å². The van der Waals surface area contributed by atoms with E-state index in [4.69, 9.17) is 14.1 Å². The molecule has 0 atom stereocenters. The van der Waals surface area contributed by atoms with Crippen LogP contribution in [0.15, 0.2) is 52.3 Å². The Labute approximate surface area is 222 Å². The van der Waals surface area contributed by atoms with Gasteiger partial charge in [-0.3, -0.25) is 9.78 Å². The van der Waals surface area contributed by atoms with E-state index >= 15 is 0 Å². The minimum Gasteiger partial charge on any atom is -0.492 e. The van der Waals surface area contributed by atoms with Crippen LogP contribution in [0.1, 0.15) is 75.2 Å². The van der Waals surface area contributed by atoms with Crippen molar-refractivity contribution in [1.82, 2.24) is 15.0 Å². The van der Waals surface area contributed by atoms with E-state index in [1.807, 2.05) is 39.5 Å². The molecule has 0 N–H and O–H groups in total. The first-order valence-corrected chi connectivity index (χ1v) is 13.0. The normalized spacial score (nSPS) is 14.9. The maximum atomic E-state index is 14.7. The highest BCUT2D eigenvalue weighted by atomic mass is 19.1. The predicted octanol–water partition coefficient (Wildman–Crippen LogP) is 6.08. The van der Waals surface area contributed by atoms with Crippen LogP contribution >= 0.6 is 0 Å². The summed E-state index contributed by atoms with van der Waals surface area (Å²) < 4.78 is 25.9. The van der Waals surface area contributed by atoms with Crippen LogP contribution in [-0.2, 0) is 4.84 Å². The summed E-state index contributed by atoms with van der Waals surface area (Å²) in [6.45, 7) is 11.5. The molecule has 1 aliphatic rings. The van der Waals surface area contributed by atoms with Gasteiger partial charge in [-0.1, -0.05) is 30.2 Å². The number of likely N-dealkylation sites (tertiary alicyclic amines) is 1. The number of aromatic nitrogens is 2. The molecule has 2 aromatic heterocycles. The average Bonchev–Trinajstić information content (AvgIpc) is 3.38. The molecule has 0 unspecified atom stereocenters. The Morgan fingerprint density at radius 3 is 2.58 bits per heavy atom. The van der Waals surface area contributed by atoms with E-state index in [-0.39, 0.29) is 11.8 Å². The van der Waals surface area contributed by atoms with Crippen LogP contribution in [0.5, 0.6) is 5.75 Å². The highest BCUT2D eigenvalue weighted by molar-refractivity contribution is 5.92. The molecular formula is C29H35FN4O4. The highest BCUT2D eigenvalue weighted by Crippen LogP contribution is 2.25. The number of carbonyl (C=O) groups is 1. The molecule has 4 rings (SSSR count). The Balaban J connectivity index is 1.26. The fourth-order valence-electron chi connectivity index (χ4n) is 4.03. The van der Waals surface area contributed by atoms with Crippen molar-refractivity contribution in [1.29, 1.82) is 0 Å². The van der Waals surface area contributed by atoms with E-state index < -0.39 is 11.4 Å². The van der Waals surface area contributed by atoms with Crippen molar-refractivity contribution < 1.29 is 23.3 Å². The number of benzene rings is 1. The van der Waals surface area contributed by atoms with Crippen molar-refractivity contribution in [3.05, 3.63) is 65.4 Å². The largest absolute Gasteiger partial charge is 0.492 e. The van der Waals surface area contributed by atoms with Gasteiger partial charge in [0.15, 0.2) is 5.69 Å². The lowest BCUT2D eigenvalue weighted by atomic mass is 9.97. The Kier molecular flexibility index (Phi) is 8.44. The van der Waals surface area contributed by atoms with Gasteiger partial charge >= 0.3 is 0 Å². The van der Waals surface area contributed by atoms with Gasteiger partial charge in [-0.2, -0.15) is 0 Å². The number of nitrogens with zero attached hydrogens (tertiary/aromatic N) is 4. The zero-order valence-electron chi connectivity index (χ0n) is 22.6. The molecule has 1 aromatic carbocycles. The molecule has 3 heterocycles. The molecule has 38 heavy (non-hydrogen) atoms. The third kappa shape index (κ3) is 7.18. The topological polar surface area (TPSA) is 90.1 Å². The van der Waals surface area contributed by atoms with E-state index in [9.17, 15) is 9.18 Å². The smallest absolute Gasteiger partial charge is 0.276 e. The summed E-state index contributed by atoms with van der Waals surface area (Å²) in [5, 5.41) is 7.84. The molecule has 0 saturated carbocycles. The summed E-state index contributed by atoms with van der Waals surface area (Å²) in [5.74, 6) is 1.38. The first kappa shape index (κ1) is 27.3. The number of hydrogen-bond donors (Lipinski definition) is 0. The highest BCUT2D eigenvalue weighted by Gasteiger charge is 2.26.